The molecule has 0 saturated carbocycles. The number of aliphatic hydroxyl groups excluding tert-OH is 3. The molecular formula is C80H128N21O18+. The number of aliphatic hydroxyl groups is 3. The van der Waals surface area contributed by atoms with Gasteiger partial charge in [0.2, 0.25) is 82.7 Å². The van der Waals surface area contributed by atoms with Crippen LogP contribution >= 0.6 is 0 Å². The standard InChI is InChI=1S/C43H60N12O8.C37H67N9O10/c1-47-32-16-17-36(57)48-18-8-7-14-30(37(44)58)51-40(61)34(21-26-23-50-29-13-6-5-12-28(26)29)53-38(59)31(15-9-19-49-43(45)46)52-39(60)33(20-25-10-3-2-4-11-25)54-41(62)35-22-27(56)24-55(35)42(32)63;1-4-6-8-9-10-11-12-13-14-16-32(51)41-21-33(52)42-29(22-47)36(55)44-27(17-18-31(40)50)34(53)45-28(19-25(39)20-38)35(54)46-30(23-48)37(56)43-26(24(3)49)15-7-5-2/h2-6,10-13,23,27,30-35,47,50,56H,7-9,14-22,24H2,1H3,(H2,44,58)(H,48,57)(H,51,61)(H,52,60)(H,53,59)(H,54,62)(H4,45,46,49);20,26-30,47-48H,4-19,21-23,38-39H2,1-3H3,(H2,40,50)(H,41,51)(H,42,52)(H,43,56)(H,44,55)(H,45,53)(H,46,54)/p+1/b;25-20-/t27-,30+,31+,32+,33-,34+,35+;26-,27+,28-,29-,30-/m10/s1. The van der Waals surface area contributed by atoms with Crippen molar-refractivity contribution in [3.05, 3.63) is 83.8 Å². The second kappa shape index (κ2) is 54.8. The van der Waals surface area contributed by atoms with Crippen molar-refractivity contribution in [3.8, 4) is 0 Å². The van der Waals surface area contributed by atoms with Crippen LogP contribution in [0.2, 0.25) is 0 Å². The van der Waals surface area contributed by atoms with Gasteiger partial charge < -0.3 is 123 Å². The summed E-state index contributed by atoms with van der Waals surface area (Å²) in [5, 5.41) is 62.4. The lowest BCUT2D eigenvalue weighted by atomic mass is 10.0. The Morgan fingerprint density at radius 1 is 0.622 bits per heavy atom. The smallest absolute Gasteiger partial charge is 0.245 e. The second-order valence-corrected chi connectivity index (χ2v) is 29.8. The minimum absolute atomic E-state index is 0.00470. The van der Waals surface area contributed by atoms with E-state index in [9.17, 15) is 87.2 Å². The van der Waals surface area contributed by atoms with E-state index in [4.69, 9.17) is 28.7 Å². The molecule has 1 aromatic heterocycles. The van der Waals surface area contributed by atoms with Crippen LogP contribution in [0.25, 0.3) is 10.9 Å². The van der Waals surface area contributed by atoms with Crippen molar-refractivity contribution >= 4 is 105 Å². The Hall–Kier alpha value is -11.2. The molecule has 660 valence electrons. The maximum Gasteiger partial charge on any atom is 0.245 e. The number of fused-ring (bicyclic) bond motifs is 2. The van der Waals surface area contributed by atoms with Crippen LogP contribution in [-0.2, 0) is 84.8 Å². The summed E-state index contributed by atoms with van der Waals surface area (Å²) in [5.41, 5.74) is 33.7. The first-order chi connectivity index (χ1) is 56.9. The summed E-state index contributed by atoms with van der Waals surface area (Å²) < 4.78 is 0. The lowest BCUT2D eigenvalue weighted by molar-refractivity contribution is -0.276. The number of nitrogens with one attached hydrogen (secondary N) is 13. The van der Waals surface area contributed by atoms with Crippen molar-refractivity contribution < 1.29 is 93.0 Å². The molecule has 0 aliphatic carbocycles. The van der Waals surface area contributed by atoms with Gasteiger partial charge in [0, 0.05) is 81.7 Å². The average molecular weight is 1670 g/mol. The Kier molecular flexibility index (Phi) is 46.1. The summed E-state index contributed by atoms with van der Waals surface area (Å²) in [4.78, 5) is 206. The lowest BCUT2D eigenvalue weighted by Crippen LogP contribution is -2.60. The van der Waals surface area contributed by atoms with Crippen LogP contribution in [0, 0.1) is 0 Å². The summed E-state index contributed by atoms with van der Waals surface area (Å²) >= 11 is 0. The molecule has 39 heteroatoms. The number of amides is 14. The zero-order valence-electron chi connectivity index (χ0n) is 68.9. The minimum atomic E-state index is -1.57. The summed E-state index contributed by atoms with van der Waals surface area (Å²) in [7, 11) is 1.55. The van der Waals surface area contributed by atoms with Crippen molar-refractivity contribution in [1.82, 2.24) is 73.7 Å². The molecule has 2 saturated heterocycles. The van der Waals surface area contributed by atoms with E-state index in [0.717, 1.165) is 36.6 Å². The number of H-pyrrole nitrogens is 1. The highest BCUT2D eigenvalue weighted by molar-refractivity contribution is 5.99. The molecule has 14 amide bonds. The molecule has 2 aliphatic rings. The van der Waals surface area contributed by atoms with Crippen molar-refractivity contribution in [2.24, 2.45) is 33.7 Å². The summed E-state index contributed by atoms with van der Waals surface area (Å²) in [6.45, 7) is 3.38. The van der Waals surface area contributed by atoms with Gasteiger partial charge in [0.15, 0.2) is 11.7 Å². The van der Waals surface area contributed by atoms with Crippen LogP contribution < -0.4 is 98.2 Å². The minimum Gasteiger partial charge on any atom is -0.398 e. The van der Waals surface area contributed by atoms with Crippen LogP contribution in [0.15, 0.2) is 77.7 Å². The quantitative estimate of drug-likeness (QED) is 0.0146. The average Bonchev–Trinajstić information content (AvgIpc) is 1.69. The molecule has 2 fully saturated rings. The molecule has 119 heavy (non-hydrogen) atoms. The number of aliphatic imine (C=N–C) groups is 1. The number of hydrogen-bond donors (Lipinski definition) is 22. The Morgan fingerprint density at radius 2 is 1.19 bits per heavy atom. The van der Waals surface area contributed by atoms with E-state index < -0.39 is 163 Å². The maximum atomic E-state index is 14.4. The Balaban J connectivity index is 0.000000505. The molecule has 5 rings (SSSR count). The number of guanidine groups is 1. The molecule has 3 heterocycles. The van der Waals surface area contributed by atoms with Crippen LogP contribution in [0.5, 0.6) is 0 Å². The van der Waals surface area contributed by atoms with Crippen molar-refractivity contribution in [2.75, 3.05) is 46.4 Å². The van der Waals surface area contributed by atoms with E-state index in [1.54, 1.807) is 43.6 Å². The Labute approximate surface area is 693 Å². The number of ketones is 1. The first kappa shape index (κ1) is 100. The van der Waals surface area contributed by atoms with Crippen LogP contribution in [0.4, 0.5) is 0 Å². The maximum absolute atomic E-state index is 14.4. The summed E-state index contributed by atoms with van der Waals surface area (Å²) in [5.74, 6) is -10.8. The topological polar surface area (TPSA) is 650 Å². The highest BCUT2D eigenvalue weighted by Crippen LogP contribution is 2.23. The predicted molar refractivity (Wildman–Crippen MR) is 441 cm³/mol. The fraction of sp³-hybridized carbons (Fsp3) is 0.600. The number of nitrogens with two attached hydrogens (primary N) is 5. The van der Waals surface area contributed by atoms with E-state index in [0.29, 0.717) is 43.2 Å². The number of aromatic amines is 1. The fourth-order valence-electron chi connectivity index (χ4n) is 13.3. The van der Waals surface area contributed by atoms with Gasteiger partial charge in [-0.05, 0) is 89.0 Å². The van der Waals surface area contributed by atoms with Crippen LogP contribution in [0.3, 0.4) is 0 Å². The fourth-order valence-corrected chi connectivity index (χ4v) is 13.3. The number of hydrogen-bond acceptors (Lipinski definition) is 21. The first-order valence-electron chi connectivity index (χ1n) is 41.0. The van der Waals surface area contributed by atoms with Gasteiger partial charge in [-0.15, -0.1) is 0 Å². The van der Waals surface area contributed by atoms with Crippen molar-refractivity contribution in [2.45, 2.75) is 260 Å². The molecule has 0 radical (unpaired) electrons. The third-order valence-corrected chi connectivity index (χ3v) is 20.2. The first-order valence-corrected chi connectivity index (χ1v) is 41.0. The third kappa shape index (κ3) is 37.1. The highest BCUT2D eigenvalue weighted by atomic mass is 16.3. The lowest BCUT2D eigenvalue weighted by Gasteiger charge is -2.30. The Morgan fingerprint density at radius 3 is 1.82 bits per heavy atom. The van der Waals surface area contributed by atoms with Gasteiger partial charge >= 0.3 is 0 Å². The van der Waals surface area contributed by atoms with E-state index in [1.807, 2.05) is 31.2 Å². The van der Waals surface area contributed by atoms with Crippen LogP contribution in [-0.4, -0.2) is 239 Å². The van der Waals surface area contributed by atoms with Crippen molar-refractivity contribution in [1.29, 1.82) is 0 Å². The molecule has 39 nitrogen and oxygen atoms in total. The zero-order chi connectivity index (χ0) is 87.9. The highest BCUT2D eigenvalue weighted by Gasteiger charge is 2.43. The number of primary amides is 2. The van der Waals surface area contributed by atoms with E-state index >= 15 is 0 Å². The molecule has 29 N–H and O–H groups in total. The molecule has 3 aromatic rings. The van der Waals surface area contributed by atoms with Crippen LogP contribution in [0.1, 0.15) is 186 Å². The molecule has 2 aromatic carbocycles. The number of quaternary nitrogens is 1. The number of aromatic nitrogens is 1. The van der Waals surface area contributed by atoms with Crippen molar-refractivity contribution in [3.63, 3.8) is 0 Å². The number of likely N-dealkylation sites (N-methyl/N-ethyl adjacent to an activating group) is 1. The van der Waals surface area contributed by atoms with E-state index in [-0.39, 0.29) is 126 Å². The summed E-state index contributed by atoms with van der Waals surface area (Å²) in [6.07, 6.45) is 13.7. The largest absolute Gasteiger partial charge is 0.398 e. The van der Waals surface area contributed by atoms with E-state index in [1.165, 1.54) is 50.1 Å². The number of carbonyl (C=O) groups excluding carboxylic acids is 15. The Bertz CT molecular complexity index is 3880. The molecule has 12 atom stereocenters. The van der Waals surface area contributed by atoms with Gasteiger partial charge in [0.1, 0.15) is 60.6 Å². The number of Topliss-reactive ketones (excluding diaryl/α,β-unsaturated/α-hetero) is 1. The number of nitrogens with zero attached hydrogens (tertiary/aromatic N) is 2. The normalized spacial score (nSPS) is 19.8. The zero-order valence-corrected chi connectivity index (χ0v) is 68.9. The number of rotatable bonds is 42. The van der Waals surface area contributed by atoms with Gasteiger partial charge in [-0.2, -0.15) is 0 Å². The van der Waals surface area contributed by atoms with Gasteiger partial charge in [-0.3, -0.25) is 76.9 Å². The predicted octanol–water partition coefficient (Wildman–Crippen LogP) is -4.03. The van der Waals surface area contributed by atoms with Gasteiger partial charge in [-0.1, -0.05) is 127 Å². The molecular weight excluding hydrogens is 1540 g/mol. The number of carbonyl (C=O) groups is 15. The molecule has 0 bridgehead atoms. The monoisotopic (exact) mass is 1670 g/mol. The second-order valence-electron chi connectivity index (χ2n) is 29.8. The molecule has 0 unspecified atom stereocenters. The van der Waals surface area contributed by atoms with Gasteiger partial charge in [-0.25, -0.2) is 0 Å². The van der Waals surface area contributed by atoms with Gasteiger partial charge in [0.05, 0.1) is 43.6 Å². The van der Waals surface area contributed by atoms with E-state index in [2.05, 4.69) is 86.4 Å². The molecule has 0 spiro atoms. The SMILES string of the molecule is CCCCCCCCCCCC(=O)NCC(=O)N[C@@H](CO)C(=O)N[C@H](CCC(N)=O)C(=O)N[C@@H](C/C(N)=C/[NH3+])C(=O)N[C@@H](CO)C(=O)N[C@@H](CCCC)C(C)=O.CN[C@H]1CCC(=O)NCCCC[C@@H](C(N)=O)NC(=O)[C@H](Cc2c[nH]c3ccccc23)NC(=O)[C@H](CCCN=C(N)N)NC(=O)[C@@H](Cc2ccccc2)NC(=O)[C@@H]2C[C@@H](O)CN2C1=O. The number of unbranched alkanes of at least 4 members (excludes halogenated alkanes) is 9. The summed E-state index contributed by atoms with van der Waals surface area (Å²) in [6, 6.07) is 2.35. The number of benzene rings is 2. The van der Waals surface area contributed by atoms with Gasteiger partial charge in [0.25, 0.3) is 0 Å². The number of para-hydroxylation sites is 1. The third-order valence-electron chi connectivity index (χ3n) is 20.2. The molecule has 2 aliphatic heterocycles.